The van der Waals surface area contributed by atoms with Gasteiger partial charge in [-0.2, -0.15) is 5.26 Å². The fourth-order valence-electron chi connectivity index (χ4n) is 2.27. The molecule has 2 N–H and O–H groups in total. The number of anilines is 1. The lowest BCUT2D eigenvalue weighted by molar-refractivity contribution is 0.0952. The van der Waals surface area contributed by atoms with E-state index in [2.05, 4.69) is 58.8 Å². The number of thiophene rings is 1. The van der Waals surface area contributed by atoms with Crippen LogP contribution in [-0.2, 0) is 6.42 Å². The average Bonchev–Trinajstić information content (AvgIpc) is 3.26. The molecular weight excluding hydrogens is 388 g/mol. The van der Waals surface area contributed by atoms with Crippen LogP contribution in [0.4, 0.5) is 5.82 Å². The van der Waals surface area contributed by atoms with Crippen LogP contribution in [0.1, 0.15) is 27.7 Å². The molecule has 0 aliphatic carbocycles. The Morgan fingerprint density at radius 1 is 1.18 bits per heavy atom. The highest BCUT2D eigenvalue weighted by Gasteiger charge is 2.07. The van der Waals surface area contributed by atoms with Crippen molar-refractivity contribution in [2.75, 3.05) is 18.4 Å². The summed E-state index contributed by atoms with van der Waals surface area (Å²) >= 11 is 6.07. The summed E-state index contributed by atoms with van der Waals surface area (Å²) in [6, 6.07) is 16.8. The Kier molecular flexibility index (Phi) is 9.05. The maximum atomic E-state index is 11.9. The lowest BCUT2D eigenvalue weighted by Crippen LogP contribution is -2.29. The fraction of sp³-hybridized carbons (Fsp3) is 0.190. The molecule has 28 heavy (non-hydrogen) atoms. The van der Waals surface area contributed by atoms with E-state index in [-0.39, 0.29) is 5.91 Å². The number of hydrogen-bond acceptors (Lipinski definition) is 6. The molecule has 0 spiro atoms. The van der Waals surface area contributed by atoms with E-state index in [0.717, 1.165) is 0 Å². The molecule has 1 amide bonds. The van der Waals surface area contributed by atoms with Crippen molar-refractivity contribution in [1.29, 1.82) is 5.26 Å². The molecule has 5 nitrogen and oxygen atoms in total. The van der Waals surface area contributed by atoms with E-state index in [4.69, 9.17) is 5.26 Å². The monoisotopic (exact) mass is 410 g/mol. The minimum atomic E-state index is -0.177. The Labute approximate surface area is 174 Å². The number of thiol groups is 1. The third-order valence-electron chi connectivity index (χ3n) is 3.71. The topological polar surface area (TPSA) is 77.8 Å². The van der Waals surface area contributed by atoms with E-state index in [1.807, 2.05) is 17.4 Å². The second kappa shape index (κ2) is 11.8. The van der Waals surface area contributed by atoms with E-state index in [9.17, 15) is 4.79 Å². The highest BCUT2D eigenvalue weighted by molar-refractivity contribution is 7.80. The molecule has 2 heterocycles. The molecule has 3 aromatic rings. The number of benzene rings is 1. The molecule has 0 bridgehead atoms. The van der Waals surface area contributed by atoms with Crippen LogP contribution >= 0.6 is 24.0 Å². The molecule has 0 saturated heterocycles. The van der Waals surface area contributed by atoms with Crippen LogP contribution in [0, 0.1) is 11.3 Å². The standard InChI is InChI=1S/C15H14N4OS.C6H8S/c16-10-11-4-3-7-17-14(11)18-8-9-19-15(20)12-5-1-2-6-13(12)21;1-2-6-4-3-5-7-6/h1-7,21H,8-9H2,(H,17,18)(H,19,20);3-5H,2H2,1H3. The number of pyridine rings is 1. The fourth-order valence-corrected chi connectivity index (χ4v) is 3.19. The van der Waals surface area contributed by atoms with Gasteiger partial charge in [-0.15, -0.1) is 24.0 Å². The third kappa shape index (κ3) is 6.72. The van der Waals surface area contributed by atoms with Crippen LogP contribution in [0.2, 0.25) is 0 Å². The smallest absolute Gasteiger partial charge is 0.252 e. The summed E-state index contributed by atoms with van der Waals surface area (Å²) < 4.78 is 0. The number of amides is 1. The number of aryl methyl sites for hydroxylation is 1. The summed E-state index contributed by atoms with van der Waals surface area (Å²) in [5.41, 5.74) is 1.01. The second-order valence-electron chi connectivity index (χ2n) is 5.64. The van der Waals surface area contributed by atoms with Gasteiger partial charge < -0.3 is 10.6 Å². The van der Waals surface area contributed by atoms with Crippen molar-refractivity contribution in [2.24, 2.45) is 0 Å². The number of carbonyl (C=O) groups excluding carboxylic acids is 1. The van der Waals surface area contributed by atoms with Gasteiger partial charge in [0, 0.05) is 29.1 Å². The van der Waals surface area contributed by atoms with Gasteiger partial charge in [0.05, 0.1) is 11.1 Å². The summed E-state index contributed by atoms with van der Waals surface area (Å²) in [7, 11) is 0. The van der Waals surface area contributed by atoms with Gasteiger partial charge in [0.15, 0.2) is 0 Å². The molecule has 0 saturated carbocycles. The van der Waals surface area contributed by atoms with Crippen LogP contribution in [-0.4, -0.2) is 24.0 Å². The summed E-state index contributed by atoms with van der Waals surface area (Å²) in [5.74, 6) is 0.341. The van der Waals surface area contributed by atoms with Crippen molar-refractivity contribution < 1.29 is 4.79 Å². The zero-order chi connectivity index (χ0) is 20.2. The number of hydrogen-bond donors (Lipinski definition) is 3. The zero-order valence-electron chi connectivity index (χ0n) is 15.6. The molecule has 0 aliphatic heterocycles. The normalized spacial score (nSPS) is 9.61. The van der Waals surface area contributed by atoms with Gasteiger partial charge in [-0.25, -0.2) is 4.98 Å². The average molecular weight is 411 g/mol. The largest absolute Gasteiger partial charge is 0.367 e. The van der Waals surface area contributed by atoms with Gasteiger partial charge in [0.25, 0.3) is 5.91 Å². The molecule has 3 rings (SSSR count). The van der Waals surface area contributed by atoms with Gasteiger partial charge >= 0.3 is 0 Å². The van der Waals surface area contributed by atoms with Gasteiger partial charge in [-0.05, 0) is 42.1 Å². The maximum Gasteiger partial charge on any atom is 0.252 e. The van der Waals surface area contributed by atoms with Crippen molar-refractivity contribution in [3.8, 4) is 6.07 Å². The Morgan fingerprint density at radius 3 is 2.64 bits per heavy atom. The van der Waals surface area contributed by atoms with E-state index in [0.29, 0.717) is 34.9 Å². The maximum absolute atomic E-state index is 11.9. The Hall–Kier alpha value is -2.82. The van der Waals surface area contributed by atoms with Crippen LogP contribution in [0.3, 0.4) is 0 Å². The molecule has 0 unspecified atom stereocenters. The molecule has 0 fully saturated rings. The number of aromatic nitrogens is 1. The molecule has 7 heteroatoms. The second-order valence-corrected chi connectivity index (χ2v) is 7.16. The molecule has 1 aromatic carbocycles. The SMILES string of the molecule is CCc1cccs1.N#Cc1cccnc1NCCNC(=O)c1ccccc1S. The first-order valence-electron chi connectivity index (χ1n) is 8.83. The van der Waals surface area contributed by atoms with Gasteiger partial charge in [-0.1, -0.05) is 25.1 Å². The van der Waals surface area contributed by atoms with Crippen LogP contribution in [0.5, 0.6) is 0 Å². The highest BCUT2D eigenvalue weighted by atomic mass is 32.1. The van der Waals surface area contributed by atoms with Crippen molar-refractivity contribution in [1.82, 2.24) is 10.3 Å². The molecule has 0 aliphatic rings. The molecule has 0 atom stereocenters. The van der Waals surface area contributed by atoms with Crippen LogP contribution in [0.25, 0.3) is 0 Å². The van der Waals surface area contributed by atoms with Crippen molar-refractivity contribution in [3.63, 3.8) is 0 Å². The quantitative estimate of drug-likeness (QED) is 0.416. The summed E-state index contributed by atoms with van der Waals surface area (Å²) in [6.07, 6.45) is 2.79. The number of nitrogens with zero attached hydrogens (tertiary/aromatic N) is 2. The third-order valence-corrected chi connectivity index (χ3v) is 5.12. The molecule has 144 valence electrons. The molecular formula is C21H22N4OS2. The number of nitrogens with one attached hydrogen (secondary N) is 2. The van der Waals surface area contributed by atoms with E-state index >= 15 is 0 Å². The van der Waals surface area contributed by atoms with Gasteiger partial charge in [0.1, 0.15) is 11.9 Å². The Balaban J connectivity index is 0.000000336. The first-order valence-corrected chi connectivity index (χ1v) is 10.2. The Bertz CT molecular complexity index is 920. The van der Waals surface area contributed by atoms with Crippen LogP contribution < -0.4 is 10.6 Å². The van der Waals surface area contributed by atoms with Gasteiger partial charge in [0.2, 0.25) is 0 Å². The molecule has 2 aromatic heterocycles. The number of rotatable bonds is 6. The zero-order valence-corrected chi connectivity index (χ0v) is 17.3. The predicted octanol–water partition coefficient (Wildman–Crippen LogP) is 4.39. The summed E-state index contributed by atoms with van der Waals surface area (Å²) in [5, 5.41) is 16.8. The highest BCUT2D eigenvalue weighted by Crippen LogP contribution is 2.12. The number of nitriles is 1. The lowest BCUT2D eigenvalue weighted by atomic mass is 10.2. The first-order chi connectivity index (χ1) is 13.7. The lowest BCUT2D eigenvalue weighted by Gasteiger charge is -2.09. The summed E-state index contributed by atoms with van der Waals surface area (Å²) in [4.78, 5) is 18.1. The van der Waals surface area contributed by atoms with Crippen molar-refractivity contribution >= 4 is 35.7 Å². The van der Waals surface area contributed by atoms with Crippen LogP contribution in [0.15, 0.2) is 65.0 Å². The molecule has 0 radical (unpaired) electrons. The van der Waals surface area contributed by atoms with Crippen molar-refractivity contribution in [3.05, 3.63) is 76.1 Å². The minimum absolute atomic E-state index is 0.177. The van der Waals surface area contributed by atoms with E-state index in [1.54, 1.807) is 36.5 Å². The number of carbonyl (C=O) groups is 1. The predicted molar refractivity (Wildman–Crippen MR) is 117 cm³/mol. The first kappa shape index (κ1) is 21.5. The minimum Gasteiger partial charge on any atom is -0.367 e. The van der Waals surface area contributed by atoms with Crippen molar-refractivity contribution in [2.45, 2.75) is 18.2 Å². The van der Waals surface area contributed by atoms with E-state index < -0.39 is 0 Å². The summed E-state index contributed by atoms with van der Waals surface area (Å²) in [6.45, 7) is 3.07. The van der Waals surface area contributed by atoms with Gasteiger partial charge in [-0.3, -0.25) is 4.79 Å². The Morgan fingerprint density at radius 2 is 2.00 bits per heavy atom. The van der Waals surface area contributed by atoms with E-state index in [1.165, 1.54) is 11.3 Å².